The number of rotatable bonds is 1. The van der Waals surface area contributed by atoms with E-state index in [9.17, 15) is 13.2 Å². The predicted molar refractivity (Wildman–Crippen MR) is 50.7 cm³/mol. The highest BCUT2D eigenvalue weighted by Gasteiger charge is 2.26. The van der Waals surface area contributed by atoms with E-state index in [-0.39, 0.29) is 10.8 Å². The van der Waals surface area contributed by atoms with Gasteiger partial charge >= 0.3 is 0 Å². The molecule has 1 aliphatic heterocycles. The molecule has 0 bridgehead atoms. The molecule has 0 unspecified atom stereocenters. The van der Waals surface area contributed by atoms with Crippen LogP contribution in [0.1, 0.15) is 15.9 Å². The second-order valence-electron chi connectivity index (χ2n) is 3.25. The van der Waals surface area contributed by atoms with Gasteiger partial charge in [-0.2, -0.15) is 0 Å². The lowest BCUT2D eigenvalue weighted by atomic mass is 10.1. The van der Waals surface area contributed by atoms with Crippen LogP contribution in [0.3, 0.4) is 0 Å². The molecule has 74 valence electrons. The minimum atomic E-state index is -3.32. The molecule has 0 aliphatic carbocycles. The van der Waals surface area contributed by atoms with Crippen molar-refractivity contribution in [2.24, 2.45) is 0 Å². The van der Waals surface area contributed by atoms with Crippen LogP contribution in [0.5, 0.6) is 0 Å². The van der Waals surface area contributed by atoms with Crippen LogP contribution in [0, 0.1) is 0 Å². The highest BCUT2D eigenvalue weighted by Crippen LogP contribution is 2.23. The van der Waals surface area contributed by atoms with Gasteiger partial charge < -0.3 is 5.32 Å². The van der Waals surface area contributed by atoms with E-state index in [1.807, 2.05) is 0 Å². The molecule has 14 heavy (non-hydrogen) atoms. The third-order valence-electron chi connectivity index (χ3n) is 2.18. The summed E-state index contributed by atoms with van der Waals surface area (Å²) in [6, 6.07) is 4.86. The molecule has 0 saturated carbocycles. The Kier molecular flexibility index (Phi) is 1.85. The van der Waals surface area contributed by atoms with Crippen LogP contribution in [-0.2, 0) is 16.4 Å². The minimum Gasteiger partial charge on any atom is -0.348 e. The van der Waals surface area contributed by atoms with Crippen LogP contribution in [0.15, 0.2) is 23.1 Å². The molecule has 1 N–H and O–H groups in total. The van der Waals surface area contributed by atoms with Gasteiger partial charge in [-0.3, -0.25) is 4.79 Å². The molecular formula is C9H9NO3S. The Balaban J connectivity index is 2.76. The second-order valence-corrected chi connectivity index (χ2v) is 5.23. The average Bonchev–Trinajstić information content (AvgIpc) is 2.46. The van der Waals surface area contributed by atoms with Gasteiger partial charge in [0.05, 0.1) is 10.5 Å². The Morgan fingerprint density at radius 1 is 1.36 bits per heavy atom. The van der Waals surface area contributed by atoms with E-state index in [2.05, 4.69) is 5.32 Å². The van der Waals surface area contributed by atoms with Gasteiger partial charge in [-0.15, -0.1) is 0 Å². The number of carbonyl (C=O) groups is 1. The Bertz CT molecular complexity index is 505. The van der Waals surface area contributed by atoms with E-state index < -0.39 is 9.84 Å². The fraction of sp³-hybridized carbons (Fsp3) is 0.222. The van der Waals surface area contributed by atoms with E-state index in [1.165, 1.54) is 6.07 Å². The molecule has 1 aromatic rings. The highest BCUT2D eigenvalue weighted by molar-refractivity contribution is 7.90. The standard InChI is InChI=1S/C9H9NO3S/c1-14(12,13)7-4-2-3-6-5-10-9(11)8(6)7/h2-4H,5H2,1H3,(H,10,11). The third kappa shape index (κ3) is 1.29. The van der Waals surface area contributed by atoms with Crippen LogP contribution in [0.25, 0.3) is 0 Å². The van der Waals surface area contributed by atoms with Gasteiger partial charge in [-0.05, 0) is 11.6 Å². The Labute approximate surface area is 81.9 Å². The largest absolute Gasteiger partial charge is 0.348 e. The van der Waals surface area contributed by atoms with E-state index in [1.54, 1.807) is 12.1 Å². The monoisotopic (exact) mass is 211 g/mol. The molecule has 2 rings (SSSR count). The number of hydrogen-bond acceptors (Lipinski definition) is 3. The maximum atomic E-state index is 11.4. The van der Waals surface area contributed by atoms with Crippen molar-refractivity contribution in [1.82, 2.24) is 5.32 Å². The van der Waals surface area contributed by atoms with Gasteiger partial charge in [0, 0.05) is 12.8 Å². The molecule has 1 aliphatic rings. The summed E-state index contributed by atoms with van der Waals surface area (Å²) < 4.78 is 22.7. The quantitative estimate of drug-likeness (QED) is 0.728. The summed E-state index contributed by atoms with van der Waals surface area (Å²) in [6.07, 6.45) is 1.11. The van der Waals surface area contributed by atoms with Crippen molar-refractivity contribution < 1.29 is 13.2 Å². The summed E-state index contributed by atoms with van der Waals surface area (Å²) in [6.45, 7) is 0.414. The van der Waals surface area contributed by atoms with Crippen LogP contribution in [0.4, 0.5) is 0 Å². The van der Waals surface area contributed by atoms with Crippen molar-refractivity contribution in [1.29, 1.82) is 0 Å². The van der Waals surface area contributed by atoms with Crippen molar-refractivity contribution in [3.63, 3.8) is 0 Å². The van der Waals surface area contributed by atoms with E-state index in [4.69, 9.17) is 0 Å². The van der Waals surface area contributed by atoms with Crippen molar-refractivity contribution >= 4 is 15.7 Å². The Hall–Kier alpha value is -1.36. The molecule has 0 fully saturated rings. The fourth-order valence-corrected chi connectivity index (χ4v) is 2.47. The third-order valence-corrected chi connectivity index (χ3v) is 3.32. The lowest BCUT2D eigenvalue weighted by Gasteiger charge is -2.02. The number of nitrogens with one attached hydrogen (secondary N) is 1. The first-order valence-electron chi connectivity index (χ1n) is 4.10. The number of sulfone groups is 1. The van der Waals surface area contributed by atoms with Crippen LogP contribution in [-0.4, -0.2) is 20.6 Å². The zero-order chi connectivity index (χ0) is 10.3. The number of amides is 1. The summed E-state index contributed by atoms with van der Waals surface area (Å²) in [7, 11) is -3.32. The average molecular weight is 211 g/mol. The van der Waals surface area contributed by atoms with Crippen LogP contribution >= 0.6 is 0 Å². The predicted octanol–water partition coefficient (Wildman–Crippen LogP) is 0.334. The SMILES string of the molecule is CS(=O)(=O)c1cccc2c1C(=O)NC2. The zero-order valence-electron chi connectivity index (χ0n) is 7.57. The number of carbonyl (C=O) groups excluding carboxylic acids is 1. The molecule has 0 atom stereocenters. The van der Waals surface area contributed by atoms with Gasteiger partial charge in [-0.1, -0.05) is 12.1 Å². The minimum absolute atomic E-state index is 0.116. The summed E-state index contributed by atoms with van der Waals surface area (Å²) in [4.78, 5) is 11.5. The lowest BCUT2D eigenvalue weighted by molar-refractivity contribution is 0.0963. The molecule has 0 aromatic heterocycles. The molecular weight excluding hydrogens is 202 g/mol. The van der Waals surface area contributed by atoms with Crippen LogP contribution < -0.4 is 5.32 Å². The first-order valence-corrected chi connectivity index (χ1v) is 5.99. The summed E-state index contributed by atoms with van der Waals surface area (Å²) >= 11 is 0. The molecule has 0 spiro atoms. The maximum Gasteiger partial charge on any atom is 0.253 e. The van der Waals surface area contributed by atoms with Gasteiger partial charge in [-0.25, -0.2) is 8.42 Å². The Morgan fingerprint density at radius 3 is 2.71 bits per heavy atom. The van der Waals surface area contributed by atoms with E-state index >= 15 is 0 Å². The van der Waals surface area contributed by atoms with Crippen molar-refractivity contribution in [2.45, 2.75) is 11.4 Å². The summed E-state index contributed by atoms with van der Waals surface area (Å²) in [5, 5.41) is 2.59. The van der Waals surface area contributed by atoms with Gasteiger partial charge in [0.15, 0.2) is 9.84 Å². The van der Waals surface area contributed by atoms with Gasteiger partial charge in [0.2, 0.25) is 0 Å². The van der Waals surface area contributed by atoms with Crippen molar-refractivity contribution in [3.8, 4) is 0 Å². The fourth-order valence-electron chi connectivity index (χ4n) is 1.55. The van der Waals surface area contributed by atoms with Crippen molar-refractivity contribution in [3.05, 3.63) is 29.3 Å². The van der Waals surface area contributed by atoms with Crippen molar-refractivity contribution in [2.75, 3.05) is 6.26 Å². The van der Waals surface area contributed by atoms with Gasteiger partial charge in [0.25, 0.3) is 5.91 Å². The number of hydrogen-bond donors (Lipinski definition) is 1. The number of fused-ring (bicyclic) bond motifs is 1. The first-order chi connectivity index (χ1) is 6.50. The molecule has 5 heteroatoms. The summed E-state index contributed by atoms with van der Waals surface area (Å²) in [5.41, 5.74) is 1.05. The smallest absolute Gasteiger partial charge is 0.253 e. The highest BCUT2D eigenvalue weighted by atomic mass is 32.2. The molecule has 1 amide bonds. The van der Waals surface area contributed by atoms with Crippen LogP contribution in [0.2, 0.25) is 0 Å². The lowest BCUT2D eigenvalue weighted by Crippen LogP contribution is -2.14. The zero-order valence-corrected chi connectivity index (χ0v) is 8.39. The van der Waals surface area contributed by atoms with Gasteiger partial charge in [0.1, 0.15) is 0 Å². The van der Waals surface area contributed by atoms with E-state index in [0.29, 0.717) is 12.1 Å². The molecule has 4 nitrogen and oxygen atoms in total. The molecule has 1 heterocycles. The molecule has 0 radical (unpaired) electrons. The normalized spacial score (nSPS) is 15.1. The topological polar surface area (TPSA) is 63.2 Å². The Morgan fingerprint density at radius 2 is 2.07 bits per heavy atom. The molecule has 0 saturated heterocycles. The first kappa shape index (κ1) is 9.21. The van der Waals surface area contributed by atoms with E-state index in [0.717, 1.165) is 11.8 Å². The summed E-state index contributed by atoms with van der Waals surface area (Å²) in [5.74, 6) is -0.305. The maximum absolute atomic E-state index is 11.4. The second kappa shape index (κ2) is 2.81. The molecule has 1 aromatic carbocycles. The number of benzene rings is 1.